The standard InChI is InChI=1S/C24H19F7O4/c25-21-10-9-16(11-22(21)34-18-5-2-1-3-6-18)13-32-14-17(23(26,27)28)15-33-19-7-4-8-20(12-19)35-24(29,30)31/h1-12,17H,13-15H2. The van der Waals surface area contributed by atoms with E-state index in [0.29, 0.717) is 11.3 Å². The topological polar surface area (TPSA) is 36.9 Å². The van der Waals surface area contributed by atoms with Gasteiger partial charge in [-0.2, -0.15) is 13.2 Å². The fraction of sp³-hybridized carbons (Fsp3) is 0.250. The first-order valence-corrected chi connectivity index (χ1v) is 10.1. The SMILES string of the molecule is Fc1ccc(COCC(COc2cccc(OC(F)(F)F)c2)C(F)(F)F)cc1Oc1ccccc1. The van der Waals surface area contributed by atoms with Gasteiger partial charge in [0.05, 0.1) is 13.2 Å². The molecule has 0 aliphatic carbocycles. The second-order valence-electron chi connectivity index (χ2n) is 7.27. The molecule has 11 heteroatoms. The Labute approximate surface area is 195 Å². The Morgan fingerprint density at radius 1 is 0.714 bits per heavy atom. The van der Waals surface area contributed by atoms with Gasteiger partial charge in [-0.15, -0.1) is 13.2 Å². The van der Waals surface area contributed by atoms with Crippen LogP contribution in [-0.2, 0) is 11.3 Å². The highest BCUT2D eigenvalue weighted by molar-refractivity contribution is 5.35. The molecular formula is C24H19F7O4. The van der Waals surface area contributed by atoms with Crippen LogP contribution >= 0.6 is 0 Å². The molecule has 188 valence electrons. The summed E-state index contributed by atoms with van der Waals surface area (Å²) in [6, 6.07) is 16.3. The predicted molar refractivity (Wildman–Crippen MR) is 111 cm³/mol. The van der Waals surface area contributed by atoms with Crippen molar-refractivity contribution in [2.75, 3.05) is 13.2 Å². The van der Waals surface area contributed by atoms with Crippen LogP contribution in [0.2, 0.25) is 0 Å². The molecule has 0 aliphatic rings. The monoisotopic (exact) mass is 504 g/mol. The van der Waals surface area contributed by atoms with Crippen LogP contribution in [0.15, 0.2) is 72.8 Å². The molecule has 0 aliphatic heterocycles. The Bertz CT molecular complexity index is 1090. The van der Waals surface area contributed by atoms with Crippen LogP contribution in [0.4, 0.5) is 30.7 Å². The number of ether oxygens (including phenoxy) is 4. The van der Waals surface area contributed by atoms with Crippen molar-refractivity contribution in [3.63, 3.8) is 0 Å². The van der Waals surface area contributed by atoms with Gasteiger partial charge in [0.2, 0.25) is 0 Å². The summed E-state index contributed by atoms with van der Waals surface area (Å²) >= 11 is 0. The molecule has 0 fully saturated rings. The molecule has 0 N–H and O–H groups in total. The largest absolute Gasteiger partial charge is 0.573 e. The van der Waals surface area contributed by atoms with Crippen LogP contribution in [-0.4, -0.2) is 25.8 Å². The van der Waals surface area contributed by atoms with Crippen molar-refractivity contribution in [1.82, 2.24) is 0 Å². The zero-order valence-electron chi connectivity index (χ0n) is 17.9. The molecule has 0 spiro atoms. The Balaban J connectivity index is 1.57. The number of hydrogen-bond donors (Lipinski definition) is 0. The molecule has 0 radical (unpaired) electrons. The van der Waals surface area contributed by atoms with Crippen molar-refractivity contribution >= 4 is 0 Å². The van der Waals surface area contributed by atoms with E-state index in [-0.39, 0.29) is 18.1 Å². The maximum absolute atomic E-state index is 14.0. The van der Waals surface area contributed by atoms with Gasteiger partial charge in [-0.25, -0.2) is 4.39 Å². The van der Waals surface area contributed by atoms with E-state index in [9.17, 15) is 30.7 Å². The zero-order chi connectivity index (χ0) is 25.5. The van der Waals surface area contributed by atoms with Gasteiger partial charge in [0.15, 0.2) is 11.6 Å². The summed E-state index contributed by atoms with van der Waals surface area (Å²) in [5.41, 5.74) is 0.371. The van der Waals surface area contributed by atoms with Crippen molar-refractivity contribution in [3.05, 3.63) is 84.2 Å². The van der Waals surface area contributed by atoms with Crippen molar-refractivity contribution in [1.29, 1.82) is 0 Å². The highest BCUT2D eigenvalue weighted by Crippen LogP contribution is 2.30. The molecule has 0 heterocycles. The average molecular weight is 504 g/mol. The van der Waals surface area contributed by atoms with Crippen LogP contribution < -0.4 is 14.2 Å². The van der Waals surface area contributed by atoms with E-state index in [2.05, 4.69) is 4.74 Å². The second-order valence-corrected chi connectivity index (χ2v) is 7.27. The van der Waals surface area contributed by atoms with Crippen molar-refractivity contribution in [3.8, 4) is 23.0 Å². The van der Waals surface area contributed by atoms with Crippen molar-refractivity contribution < 1.29 is 49.7 Å². The first-order chi connectivity index (χ1) is 16.5. The fourth-order valence-electron chi connectivity index (χ4n) is 2.85. The molecule has 1 unspecified atom stereocenters. The molecule has 1 atom stereocenters. The van der Waals surface area contributed by atoms with Crippen molar-refractivity contribution in [2.24, 2.45) is 5.92 Å². The maximum atomic E-state index is 14.0. The summed E-state index contributed by atoms with van der Waals surface area (Å²) in [5, 5.41) is 0. The molecule has 3 aromatic carbocycles. The Morgan fingerprint density at radius 3 is 2.09 bits per heavy atom. The van der Waals surface area contributed by atoms with Crippen LogP contribution in [0.5, 0.6) is 23.0 Å². The van der Waals surface area contributed by atoms with Gasteiger partial charge in [-0.05, 0) is 42.0 Å². The lowest BCUT2D eigenvalue weighted by molar-refractivity contribution is -0.274. The Hall–Kier alpha value is -3.47. The summed E-state index contributed by atoms with van der Waals surface area (Å²) in [6.45, 7) is -1.97. The number of rotatable bonds is 10. The number of para-hydroxylation sites is 1. The molecule has 4 nitrogen and oxygen atoms in total. The fourth-order valence-corrected chi connectivity index (χ4v) is 2.85. The minimum Gasteiger partial charge on any atom is -0.493 e. The van der Waals surface area contributed by atoms with Gasteiger partial charge in [0, 0.05) is 6.07 Å². The molecule has 35 heavy (non-hydrogen) atoms. The van der Waals surface area contributed by atoms with E-state index in [1.807, 2.05) is 0 Å². The summed E-state index contributed by atoms with van der Waals surface area (Å²) in [6.07, 6.45) is -9.65. The van der Waals surface area contributed by atoms with Gasteiger partial charge < -0.3 is 18.9 Å². The molecule has 0 bridgehead atoms. The molecule has 0 aromatic heterocycles. The van der Waals surface area contributed by atoms with Crippen LogP contribution in [0.1, 0.15) is 5.56 Å². The average Bonchev–Trinajstić information content (AvgIpc) is 2.77. The minimum absolute atomic E-state index is 0.117. The van der Waals surface area contributed by atoms with E-state index in [4.69, 9.17) is 14.2 Å². The lowest BCUT2D eigenvalue weighted by Gasteiger charge is -2.21. The van der Waals surface area contributed by atoms with Gasteiger partial charge in [-0.3, -0.25) is 0 Å². The van der Waals surface area contributed by atoms with Gasteiger partial charge >= 0.3 is 12.5 Å². The molecule has 0 amide bonds. The second kappa shape index (κ2) is 11.3. The Morgan fingerprint density at radius 2 is 1.40 bits per heavy atom. The normalized spacial score (nSPS) is 12.8. The molecule has 3 aromatic rings. The van der Waals surface area contributed by atoms with Crippen LogP contribution in [0.25, 0.3) is 0 Å². The summed E-state index contributed by atoms with van der Waals surface area (Å²) < 4.78 is 111. The van der Waals surface area contributed by atoms with E-state index in [1.54, 1.807) is 30.3 Å². The Kier molecular flexibility index (Phi) is 8.44. The maximum Gasteiger partial charge on any atom is 0.573 e. The van der Waals surface area contributed by atoms with Gasteiger partial charge in [-0.1, -0.05) is 30.3 Å². The lowest BCUT2D eigenvalue weighted by Crippen LogP contribution is -2.32. The molecule has 0 saturated carbocycles. The lowest BCUT2D eigenvalue weighted by atomic mass is 10.1. The summed E-state index contributed by atoms with van der Waals surface area (Å²) in [5.74, 6) is -3.33. The number of halogens is 7. The third kappa shape index (κ3) is 8.67. The van der Waals surface area contributed by atoms with E-state index >= 15 is 0 Å². The molecular weight excluding hydrogens is 485 g/mol. The first kappa shape index (κ1) is 26.1. The summed E-state index contributed by atoms with van der Waals surface area (Å²) in [4.78, 5) is 0. The highest BCUT2D eigenvalue weighted by atomic mass is 19.4. The first-order valence-electron chi connectivity index (χ1n) is 10.1. The smallest absolute Gasteiger partial charge is 0.493 e. The minimum atomic E-state index is -4.95. The van der Waals surface area contributed by atoms with Gasteiger partial charge in [0.25, 0.3) is 0 Å². The van der Waals surface area contributed by atoms with E-state index < -0.39 is 43.2 Å². The number of benzene rings is 3. The third-order valence-corrected chi connectivity index (χ3v) is 4.51. The number of alkyl halides is 6. The van der Waals surface area contributed by atoms with Gasteiger partial charge in [0.1, 0.15) is 29.8 Å². The third-order valence-electron chi connectivity index (χ3n) is 4.51. The predicted octanol–water partition coefficient (Wildman–Crippen LogP) is 7.29. The van der Waals surface area contributed by atoms with Crippen LogP contribution in [0, 0.1) is 11.7 Å². The van der Waals surface area contributed by atoms with Crippen LogP contribution in [0.3, 0.4) is 0 Å². The summed E-state index contributed by atoms with van der Waals surface area (Å²) in [7, 11) is 0. The van der Waals surface area contributed by atoms with E-state index in [1.165, 1.54) is 18.2 Å². The highest BCUT2D eigenvalue weighted by Gasteiger charge is 2.40. The zero-order valence-corrected chi connectivity index (χ0v) is 17.9. The number of hydrogen-bond acceptors (Lipinski definition) is 4. The quantitative estimate of drug-likeness (QED) is 0.272. The van der Waals surface area contributed by atoms with E-state index in [0.717, 1.165) is 24.3 Å². The van der Waals surface area contributed by atoms with Crippen molar-refractivity contribution in [2.45, 2.75) is 19.1 Å². The molecule has 3 rings (SSSR count). The molecule has 0 saturated heterocycles.